The number of anilines is 2. The van der Waals surface area contributed by atoms with Gasteiger partial charge in [0, 0.05) is 38.9 Å². The summed E-state index contributed by atoms with van der Waals surface area (Å²) in [7, 11) is 0. The van der Waals surface area contributed by atoms with E-state index in [0.717, 1.165) is 60.4 Å². The van der Waals surface area contributed by atoms with Gasteiger partial charge in [-0.05, 0) is 13.0 Å². The van der Waals surface area contributed by atoms with Crippen LogP contribution in [0.4, 0.5) is 10.9 Å². The van der Waals surface area contributed by atoms with Gasteiger partial charge in [-0.1, -0.05) is 11.3 Å². The molecule has 0 bridgehead atoms. The predicted molar refractivity (Wildman–Crippen MR) is 103 cm³/mol. The minimum Gasteiger partial charge on any atom is -0.351 e. The van der Waals surface area contributed by atoms with Gasteiger partial charge in [0.2, 0.25) is 0 Å². The van der Waals surface area contributed by atoms with Crippen LogP contribution in [0.2, 0.25) is 0 Å². The van der Waals surface area contributed by atoms with E-state index in [1.807, 2.05) is 29.4 Å². The zero-order valence-corrected chi connectivity index (χ0v) is 15.2. The fraction of sp³-hybridized carbons (Fsp3) is 0.353. The predicted octanol–water partition coefficient (Wildman–Crippen LogP) is 2.18. The largest absolute Gasteiger partial charge is 0.351 e. The van der Waals surface area contributed by atoms with Gasteiger partial charge >= 0.3 is 0 Å². The van der Waals surface area contributed by atoms with Crippen LogP contribution in [-0.4, -0.2) is 55.7 Å². The quantitative estimate of drug-likeness (QED) is 0.550. The molecule has 1 fully saturated rings. The van der Waals surface area contributed by atoms with Crippen molar-refractivity contribution in [2.75, 3.05) is 36.0 Å². The Bertz CT molecular complexity index is 1030. The lowest BCUT2D eigenvalue weighted by atomic mass is 10.3. The number of fused-ring (bicyclic) bond motifs is 2. The van der Waals surface area contributed by atoms with Gasteiger partial charge in [-0.15, -0.1) is 0 Å². The van der Waals surface area contributed by atoms with Gasteiger partial charge in [-0.2, -0.15) is 0 Å². The van der Waals surface area contributed by atoms with Crippen molar-refractivity contribution in [3.63, 3.8) is 0 Å². The molecule has 26 heavy (non-hydrogen) atoms. The molecular weight excluding hydrogens is 348 g/mol. The Morgan fingerprint density at radius 2 is 1.92 bits per heavy atom. The van der Waals surface area contributed by atoms with Crippen molar-refractivity contribution in [2.45, 2.75) is 13.5 Å². The highest BCUT2D eigenvalue weighted by molar-refractivity contribution is 7.22. The van der Waals surface area contributed by atoms with E-state index in [-0.39, 0.29) is 0 Å². The molecule has 9 heteroatoms. The second-order valence-electron chi connectivity index (χ2n) is 6.21. The third kappa shape index (κ3) is 2.47. The average molecular weight is 366 g/mol. The van der Waals surface area contributed by atoms with Crippen LogP contribution in [0.1, 0.15) is 6.92 Å². The van der Waals surface area contributed by atoms with Crippen LogP contribution in [0.15, 0.2) is 31.1 Å². The van der Waals surface area contributed by atoms with Gasteiger partial charge in [0.25, 0.3) is 0 Å². The monoisotopic (exact) mass is 366 g/mol. The normalized spacial score (nSPS) is 15.3. The van der Waals surface area contributed by atoms with E-state index in [0.29, 0.717) is 0 Å². The van der Waals surface area contributed by atoms with Gasteiger partial charge in [0.05, 0.1) is 17.2 Å². The summed E-state index contributed by atoms with van der Waals surface area (Å²) in [5, 5.41) is 1.07. The Hall–Kier alpha value is -2.81. The zero-order valence-electron chi connectivity index (χ0n) is 14.4. The standard InChI is InChI=1S/C17H18N8S/c1-2-23-11-21-14-15(23)19-10-20-16(14)24-5-7-25(8-6-24)17-22-12-9-18-4-3-13(12)26-17/h3-4,9-11H,2,5-8H2,1H3. The van der Waals surface area contributed by atoms with Crippen molar-refractivity contribution in [1.29, 1.82) is 0 Å². The number of piperazine rings is 1. The van der Waals surface area contributed by atoms with Crippen molar-refractivity contribution < 1.29 is 0 Å². The maximum atomic E-state index is 4.72. The molecule has 0 atom stereocenters. The summed E-state index contributed by atoms with van der Waals surface area (Å²) < 4.78 is 3.23. The first-order chi connectivity index (χ1) is 12.8. The molecule has 0 unspecified atom stereocenters. The van der Waals surface area contributed by atoms with E-state index in [9.17, 15) is 0 Å². The number of hydrogen-bond acceptors (Lipinski definition) is 8. The molecule has 0 aromatic carbocycles. The average Bonchev–Trinajstić information content (AvgIpc) is 3.31. The molecule has 8 nitrogen and oxygen atoms in total. The molecule has 0 amide bonds. The van der Waals surface area contributed by atoms with Crippen molar-refractivity contribution in [3.05, 3.63) is 31.1 Å². The van der Waals surface area contributed by atoms with Crippen LogP contribution in [0.3, 0.4) is 0 Å². The summed E-state index contributed by atoms with van der Waals surface area (Å²) in [6.07, 6.45) is 7.12. The summed E-state index contributed by atoms with van der Waals surface area (Å²) in [5.41, 5.74) is 2.75. The SMILES string of the molecule is CCn1cnc2c(N3CCN(c4nc5cnccc5s4)CC3)ncnc21. The summed E-state index contributed by atoms with van der Waals surface area (Å²) in [5.74, 6) is 0.926. The summed E-state index contributed by atoms with van der Waals surface area (Å²) >= 11 is 1.72. The zero-order chi connectivity index (χ0) is 17.5. The number of aryl methyl sites for hydroxylation is 1. The molecule has 0 radical (unpaired) electrons. The fourth-order valence-corrected chi connectivity index (χ4v) is 4.33. The molecule has 5 rings (SSSR count). The molecule has 0 N–H and O–H groups in total. The molecule has 5 heterocycles. The molecule has 4 aromatic rings. The third-order valence-corrected chi connectivity index (χ3v) is 5.85. The topological polar surface area (TPSA) is 75.9 Å². The van der Waals surface area contributed by atoms with Crippen LogP contribution >= 0.6 is 11.3 Å². The Morgan fingerprint density at radius 3 is 2.73 bits per heavy atom. The Labute approximate surface area is 154 Å². The van der Waals surface area contributed by atoms with Crippen LogP contribution in [0, 0.1) is 0 Å². The number of thiazole rings is 1. The van der Waals surface area contributed by atoms with Crippen molar-refractivity contribution in [2.24, 2.45) is 0 Å². The molecule has 1 aliphatic rings. The summed E-state index contributed by atoms with van der Waals surface area (Å²) in [6, 6.07) is 2.02. The van der Waals surface area contributed by atoms with Gasteiger partial charge in [0.15, 0.2) is 22.1 Å². The molecule has 0 spiro atoms. The van der Waals surface area contributed by atoms with E-state index < -0.39 is 0 Å². The number of rotatable bonds is 3. The Kier molecular flexibility index (Phi) is 3.66. The maximum Gasteiger partial charge on any atom is 0.186 e. The van der Waals surface area contributed by atoms with Crippen molar-refractivity contribution >= 4 is 43.7 Å². The first kappa shape index (κ1) is 15.4. The number of pyridine rings is 1. The molecule has 0 aliphatic carbocycles. The second kappa shape index (κ2) is 6.17. The van der Waals surface area contributed by atoms with E-state index in [1.54, 1.807) is 17.7 Å². The lowest BCUT2D eigenvalue weighted by molar-refractivity contribution is 0.647. The van der Waals surface area contributed by atoms with Gasteiger partial charge < -0.3 is 14.4 Å². The molecule has 4 aromatic heterocycles. The van der Waals surface area contributed by atoms with Crippen LogP contribution in [-0.2, 0) is 6.54 Å². The van der Waals surface area contributed by atoms with Gasteiger partial charge in [0.1, 0.15) is 11.8 Å². The summed E-state index contributed by atoms with van der Waals surface area (Å²) in [4.78, 5) is 26.9. The second-order valence-corrected chi connectivity index (χ2v) is 7.22. The van der Waals surface area contributed by atoms with E-state index in [4.69, 9.17) is 4.98 Å². The minimum atomic E-state index is 0.854. The van der Waals surface area contributed by atoms with E-state index in [2.05, 4.69) is 36.7 Å². The van der Waals surface area contributed by atoms with E-state index in [1.165, 1.54) is 4.70 Å². The lowest BCUT2D eigenvalue weighted by Gasteiger charge is -2.35. The van der Waals surface area contributed by atoms with Crippen molar-refractivity contribution in [3.8, 4) is 0 Å². The highest BCUT2D eigenvalue weighted by atomic mass is 32.1. The first-order valence-electron chi connectivity index (χ1n) is 8.70. The molecule has 0 saturated carbocycles. The number of aromatic nitrogens is 6. The lowest BCUT2D eigenvalue weighted by Crippen LogP contribution is -2.46. The van der Waals surface area contributed by atoms with Gasteiger partial charge in [-0.3, -0.25) is 4.98 Å². The maximum absolute atomic E-state index is 4.72. The molecule has 1 aliphatic heterocycles. The Balaban J connectivity index is 1.38. The Morgan fingerprint density at radius 1 is 1.08 bits per heavy atom. The number of hydrogen-bond donors (Lipinski definition) is 0. The number of nitrogens with zero attached hydrogens (tertiary/aromatic N) is 8. The molecule has 1 saturated heterocycles. The van der Waals surface area contributed by atoms with Gasteiger partial charge in [-0.25, -0.2) is 19.9 Å². The highest BCUT2D eigenvalue weighted by Gasteiger charge is 2.23. The van der Waals surface area contributed by atoms with E-state index >= 15 is 0 Å². The van der Waals surface area contributed by atoms with Crippen LogP contribution < -0.4 is 9.80 Å². The summed E-state index contributed by atoms with van der Waals surface area (Å²) in [6.45, 7) is 6.54. The fourth-order valence-electron chi connectivity index (χ4n) is 3.34. The third-order valence-electron chi connectivity index (χ3n) is 4.75. The van der Waals surface area contributed by atoms with Crippen LogP contribution in [0.5, 0.6) is 0 Å². The van der Waals surface area contributed by atoms with Crippen molar-refractivity contribution in [1.82, 2.24) is 29.5 Å². The first-order valence-corrected chi connectivity index (χ1v) is 9.51. The number of imidazole rings is 1. The smallest absolute Gasteiger partial charge is 0.186 e. The molecular formula is C17H18N8S. The minimum absolute atomic E-state index is 0.854. The molecule has 132 valence electrons. The highest BCUT2D eigenvalue weighted by Crippen LogP contribution is 2.30. The van der Waals surface area contributed by atoms with Crippen LogP contribution in [0.25, 0.3) is 21.4 Å².